The van der Waals surface area contributed by atoms with E-state index < -0.39 is 24.3 Å². The molecule has 2 aliphatic rings. The fraction of sp³-hybridized carbons (Fsp3) is 0.619. The topological polar surface area (TPSA) is 138 Å². The summed E-state index contributed by atoms with van der Waals surface area (Å²) in [6, 6.07) is 4.12. The van der Waals surface area contributed by atoms with Gasteiger partial charge in [-0.2, -0.15) is 26.3 Å². The van der Waals surface area contributed by atoms with Crippen LogP contribution in [-0.4, -0.2) is 95.9 Å². The zero-order valence-electron chi connectivity index (χ0n) is 19.6. The molecule has 0 bridgehead atoms. The van der Waals surface area contributed by atoms with Gasteiger partial charge in [-0.05, 0) is 24.1 Å². The van der Waals surface area contributed by atoms with E-state index in [1.165, 1.54) is 5.56 Å². The van der Waals surface area contributed by atoms with Crippen LogP contribution >= 0.6 is 0 Å². The lowest BCUT2D eigenvalue weighted by Crippen LogP contribution is -2.31. The van der Waals surface area contributed by atoms with E-state index in [0.717, 1.165) is 26.1 Å². The molecule has 1 aromatic heterocycles. The van der Waals surface area contributed by atoms with Crippen molar-refractivity contribution in [3.8, 4) is 0 Å². The maximum Gasteiger partial charge on any atom is 0.490 e. The number of aromatic nitrogens is 1. The van der Waals surface area contributed by atoms with Crippen LogP contribution in [0.1, 0.15) is 18.4 Å². The lowest BCUT2D eigenvalue weighted by molar-refractivity contribution is -0.193. The van der Waals surface area contributed by atoms with E-state index in [2.05, 4.69) is 27.3 Å². The van der Waals surface area contributed by atoms with E-state index in [0.29, 0.717) is 25.5 Å². The van der Waals surface area contributed by atoms with E-state index in [1.54, 1.807) is 7.11 Å². The second kappa shape index (κ2) is 14.7. The first-order chi connectivity index (χ1) is 17.1. The van der Waals surface area contributed by atoms with Crippen LogP contribution in [0, 0.1) is 5.92 Å². The van der Waals surface area contributed by atoms with Gasteiger partial charge in [0.2, 0.25) is 5.91 Å². The zero-order chi connectivity index (χ0) is 28.2. The van der Waals surface area contributed by atoms with Gasteiger partial charge in [0.05, 0.1) is 25.2 Å². The highest BCUT2D eigenvalue weighted by molar-refractivity contribution is 5.76. The number of carbonyl (C=O) groups excluding carboxylic acids is 1. The Morgan fingerprint density at radius 2 is 1.62 bits per heavy atom. The number of methoxy groups -OCH3 is 1. The Hall–Kier alpha value is -2.98. The summed E-state index contributed by atoms with van der Waals surface area (Å²) in [6.45, 7) is 4.06. The number of halogens is 6. The van der Waals surface area contributed by atoms with Crippen LogP contribution in [0.25, 0.3) is 0 Å². The van der Waals surface area contributed by atoms with E-state index >= 15 is 0 Å². The molecule has 2 aliphatic heterocycles. The molecule has 0 saturated carbocycles. The Morgan fingerprint density at radius 1 is 1.08 bits per heavy atom. The molecule has 0 aliphatic carbocycles. The maximum atomic E-state index is 11.8. The lowest BCUT2D eigenvalue weighted by Gasteiger charge is -2.19. The normalized spacial score (nSPS) is 21.1. The van der Waals surface area contributed by atoms with Crippen molar-refractivity contribution in [1.82, 2.24) is 15.2 Å². The molecular formula is C21H27F6N3O7. The lowest BCUT2D eigenvalue weighted by atomic mass is 10.0. The highest BCUT2D eigenvalue weighted by Crippen LogP contribution is 2.34. The number of nitrogens with one attached hydrogen (secondary N) is 1. The Bertz CT molecular complexity index is 832. The molecule has 16 heteroatoms. The summed E-state index contributed by atoms with van der Waals surface area (Å²) < 4.78 is 74.5. The Kier molecular flexibility index (Phi) is 12.7. The second-order valence-electron chi connectivity index (χ2n) is 7.99. The number of amides is 1. The minimum absolute atomic E-state index is 0.0562. The third-order valence-corrected chi connectivity index (χ3v) is 5.07. The van der Waals surface area contributed by atoms with E-state index in [1.807, 2.05) is 12.4 Å². The SMILES string of the molecule is COCCNC(=O)C[C@H]1C[C@H]2CN(Cc3ccncc3)C[C@H]2O1.O=C(O)C(F)(F)F.O=C(O)C(F)(F)F. The molecule has 0 aromatic carbocycles. The summed E-state index contributed by atoms with van der Waals surface area (Å²) in [4.78, 5) is 36.1. The van der Waals surface area contributed by atoms with Gasteiger partial charge in [0, 0.05) is 51.6 Å². The number of pyridine rings is 1. The first kappa shape index (κ1) is 32.0. The molecule has 3 rings (SSSR count). The molecule has 1 aromatic rings. The molecule has 0 unspecified atom stereocenters. The van der Waals surface area contributed by atoms with Gasteiger partial charge >= 0.3 is 24.3 Å². The van der Waals surface area contributed by atoms with Gasteiger partial charge in [-0.25, -0.2) is 9.59 Å². The van der Waals surface area contributed by atoms with Crippen molar-refractivity contribution < 1.29 is 60.4 Å². The monoisotopic (exact) mass is 547 g/mol. The minimum Gasteiger partial charge on any atom is -0.475 e. The highest BCUT2D eigenvalue weighted by atomic mass is 19.4. The first-order valence-corrected chi connectivity index (χ1v) is 10.8. The van der Waals surface area contributed by atoms with Gasteiger partial charge in [0.25, 0.3) is 0 Å². The number of alkyl halides is 6. The Balaban J connectivity index is 0.000000404. The van der Waals surface area contributed by atoms with Crippen LogP contribution in [0.4, 0.5) is 26.3 Å². The molecule has 3 atom stereocenters. The van der Waals surface area contributed by atoms with Gasteiger partial charge in [-0.1, -0.05) is 0 Å². The van der Waals surface area contributed by atoms with Crippen LogP contribution < -0.4 is 5.32 Å². The molecule has 3 N–H and O–H groups in total. The van der Waals surface area contributed by atoms with Crippen LogP contribution in [0.15, 0.2) is 24.5 Å². The number of nitrogens with zero attached hydrogens (tertiary/aromatic N) is 2. The van der Waals surface area contributed by atoms with E-state index in [9.17, 15) is 31.1 Å². The predicted molar refractivity (Wildman–Crippen MR) is 113 cm³/mol. The van der Waals surface area contributed by atoms with Crippen molar-refractivity contribution in [2.24, 2.45) is 5.92 Å². The summed E-state index contributed by atoms with van der Waals surface area (Å²) >= 11 is 0. The number of carbonyl (C=O) groups is 3. The van der Waals surface area contributed by atoms with Crippen molar-refractivity contribution in [2.45, 2.75) is 43.9 Å². The summed E-state index contributed by atoms with van der Waals surface area (Å²) in [5.41, 5.74) is 1.29. The maximum absolute atomic E-state index is 11.8. The van der Waals surface area contributed by atoms with Crippen molar-refractivity contribution in [1.29, 1.82) is 0 Å². The summed E-state index contributed by atoms with van der Waals surface area (Å²) in [5, 5.41) is 17.1. The first-order valence-electron chi connectivity index (χ1n) is 10.8. The largest absolute Gasteiger partial charge is 0.490 e. The van der Waals surface area contributed by atoms with Crippen molar-refractivity contribution in [2.75, 3.05) is 33.4 Å². The number of carboxylic acids is 2. The third kappa shape index (κ3) is 12.7. The van der Waals surface area contributed by atoms with E-state index in [-0.39, 0.29) is 18.1 Å². The Morgan fingerprint density at radius 3 is 2.08 bits per heavy atom. The molecule has 0 radical (unpaired) electrons. The molecule has 2 saturated heterocycles. The fourth-order valence-corrected chi connectivity index (χ4v) is 3.53. The minimum atomic E-state index is -5.08. The average Bonchev–Trinajstić information content (AvgIpc) is 3.32. The average molecular weight is 547 g/mol. The fourth-order valence-electron chi connectivity index (χ4n) is 3.53. The van der Waals surface area contributed by atoms with Crippen LogP contribution in [0.5, 0.6) is 0 Å². The number of likely N-dealkylation sites (tertiary alicyclic amines) is 1. The van der Waals surface area contributed by atoms with Crippen molar-refractivity contribution in [3.05, 3.63) is 30.1 Å². The molecular weight excluding hydrogens is 520 g/mol. The van der Waals surface area contributed by atoms with Gasteiger partial charge in [0.1, 0.15) is 0 Å². The smallest absolute Gasteiger partial charge is 0.475 e. The number of rotatable bonds is 7. The summed E-state index contributed by atoms with van der Waals surface area (Å²) in [6.07, 6.45) is -4.72. The standard InChI is InChI=1S/C17H25N3O3.2C2HF3O2/c1-22-7-6-19-17(21)9-15-8-14-11-20(12-16(14)23-15)10-13-2-4-18-5-3-13;2*3-2(4,5)1(6)7/h2-5,14-16H,6-12H2,1H3,(H,19,21);2*(H,6,7)/t14-,15+,16+;;/m0../s1. The summed E-state index contributed by atoms with van der Waals surface area (Å²) in [7, 11) is 1.63. The number of aliphatic carboxylic acids is 2. The highest BCUT2D eigenvalue weighted by Gasteiger charge is 2.42. The molecule has 0 spiro atoms. The van der Waals surface area contributed by atoms with E-state index in [4.69, 9.17) is 29.3 Å². The third-order valence-electron chi connectivity index (χ3n) is 5.07. The van der Waals surface area contributed by atoms with Gasteiger partial charge in [-0.3, -0.25) is 14.7 Å². The zero-order valence-corrected chi connectivity index (χ0v) is 19.6. The number of hydrogen-bond acceptors (Lipinski definition) is 7. The quantitative estimate of drug-likeness (QED) is 0.346. The summed E-state index contributed by atoms with van der Waals surface area (Å²) in [5.74, 6) is -4.91. The van der Waals surface area contributed by atoms with Crippen LogP contribution in [-0.2, 0) is 30.4 Å². The van der Waals surface area contributed by atoms with Crippen LogP contribution in [0.3, 0.4) is 0 Å². The van der Waals surface area contributed by atoms with Crippen molar-refractivity contribution >= 4 is 17.8 Å². The van der Waals surface area contributed by atoms with Gasteiger partial charge in [0.15, 0.2) is 0 Å². The number of ether oxygens (including phenoxy) is 2. The van der Waals surface area contributed by atoms with Gasteiger partial charge in [-0.15, -0.1) is 0 Å². The molecule has 10 nitrogen and oxygen atoms in total. The second-order valence-corrected chi connectivity index (χ2v) is 7.99. The number of carboxylic acid groups (broad SMARTS) is 2. The predicted octanol–water partition coefficient (Wildman–Crippen LogP) is 2.09. The Labute approximate surface area is 207 Å². The van der Waals surface area contributed by atoms with Crippen LogP contribution in [0.2, 0.25) is 0 Å². The van der Waals surface area contributed by atoms with Gasteiger partial charge < -0.3 is 25.0 Å². The molecule has 1 amide bonds. The number of hydrogen-bond donors (Lipinski definition) is 3. The molecule has 2 fully saturated rings. The van der Waals surface area contributed by atoms with Crippen molar-refractivity contribution in [3.63, 3.8) is 0 Å². The molecule has 37 heavy (non-hydrogen) atoms. The number of fused-ring (bicyclic) bond motifs is 1. The molecule has 210 valence electrons. The molecule has 3 heterocycles.